The number of esters is 1. The van der Waals surface area contributed by atoms with Crippen LogP contribution >= 0.6 is 0 Å². The lowest BCUT2D eigenvalue weighted by Crippen LogP contribution is -2.35. The molecule has 0 radical (unpaired) electrons. The second-order valence-electron chi connectivity index (χ2n) is 6.24. The van der Waals surface area contributed by atoms with Crippen LogP contribution in [-0.4, -0.2) is 45.7 Å². The van der Waals surface area contributed by atoms with E-state index in [1.165, 1.54) is 16.6 Å². The van der Waals surface area contributed by atoms with Crippen LogP contribution in [0, 0.1) is 0 Å². The van der Waals surface area contributed by atoms with Gasteiger partial charge in [0, 0.05) is 12.6 Å². The molecule has 1 aromatic carbocycles. The number of hydrogen-bond donors (Lipinski definition) is 1. The van der Waals surface area contributed by atoms with Crippen molar-refractivity contribution in [1.82, 2.24) is 5.32 Å². The lowest BCUT2D eigenvalue weighted by Gasteiger charge is -2.29. The van der Waals surface area contributed by atoms with Crippen LogP contribution in [0.5, 0.6) is 0 Å². The van der Waals surface area contributed by atoms with Crippen molar-refractivity contribution in [3.63, 3.8) is 0 Å². The van der Waals surface area contributed by atoms with Gasteiger partial charge in [0.2, 0.25) is 10.0 Å². The fraction of sp³-hybridized carbons (Fsp3) is 0.529. The van der Waals surface area contributed by atoms with Crippen LogP contribution in [-0.2, 0) is 26.0 Å². The first kappa shape index (κ1) is 19.2. The molecule has 0 saturated heterocycles. The summed E-state index contributed by atoms with van der Waals surface area (Å²) in [6.07, 6.45) is 3.34. The van der Waals surface area contributed by atoms with Crippen LogP contribution in [0.3, 0.4) is 0 Å². The van der Waals surface area contributed by atoms with Gasteiger partial charge in [0.1, 0.15) is 0 Å². The maximum Gasteiger partial charge on any atom is 0.338 e. The number of sulfonamides is 1. The number of fused-ring (bicyclic) bond motifs is 1. The third-order valence-electron chi connectivity index (χ3n) is 4.15. The quantitative estimate of drug-likeness (QED) is 0.768. The van der Waals surface area contributed by atoms with Gasteiger partial charge in [0.05, 0.1) is 17.5 Å². The highest BCUT2D eigenvalue weighted by Gasteiger charge is 2.25. The molecule has 1 N–H and O–H groups in total. The first-order valence-corrected chi connectivity index (χ1v) is 10.1. The predicted octanol–water partition coefficient (Wildman–Crippen LogP) is 1.47. The van der Waals surface area contributed by atoms with Crippen molar-refractivity contribution in [1.29, 1.82) is 0 Å². The van der Waals surface area contributed by atoms with E-state index in [9.17, 15) is 18.0 Å². The van der Waals surface area contributed by atoms with Gasteiger partial charge in [-0.3, -0.25) is 9.10 Å². The highest BCUT2D eigenvalue weighted by Crippen LogP contribution is 2.30. The topological polar surface area (TPSA) is 92.8 Å². The smallest absolute Gasteiger partial charge is 0.338 e. The van der Waals surface area contributed by atoms with Gasteiger partial charge in [-0.25, -0.2) is 13.2 Å². The zero-order chi connectivity index (χ0) is 18.6. The minimum atomic E-state index is -3.34. The summed E-state index contributed by atoms with van der Waals surface area (Å²) in [5.74, 6) is -0.942. The SMILES string of the molecule is CC[C@@H](C)NC(=O)COC(=O)c1ccc2c(c1)CCCN2S(C)(=O)=O. The number of rotatable bonds is 6. The summed E-state index contributed by atoms with van der Waals surface area (Å²) in [6, 6.07) is 4.81. The molecule has 1 aliphatic rings. The normalized spacial score (nSPS) is 15.2. The standard InChI is InChI=1S/C17H24N2O5S/c1-4-12(2)18-16(20)11-24-17(21)14-7-8-15-13(10-14)6-5-9-19(15)25(3,22)23/h7-8,10,12H,4-6,9,11H2,1-3H3,(H,18,20)/t12-/m1/s1. The van der Waals surface area contributed by atoms with E-state index < -0.39 is 16.0 Å². The van der Waals surface area contributed by atoms with Crippen molar-refractivity contribution >= 4 is 27.6 Å². The van der Waals surface area contributed by atoms with Crippen LogP contribution in [0.2, 0.25) is 0 Å². The average molecular weight is 368 g/mol. The minimum Gasteiger partial charge on any atom is -0.452 e. The Morgan fingerprint density at radius 1 is 1.36 bits per heavy atom. The van der Waals surface area contributed by atoms with Crippen LogP contribution < -0.4 is 9.62 Å². The van der Waals surface area contributed by atoms with Crippen LogP contribution in [0.25, 0.3) is 0 Å². The number of carbonyl (C=O) groups is 2. The summed E-state index contributed by atoms with van der Waals surface area (Å²) in [5.41, 5.74) is 1.69. The Kier molecular flexibility index (Phi) is 6.05. The summed E-state index contributed by atoms with van der Waals surface area (Å²) in [6.45, 7) is 3.92. The number of benzene rings is 1. The van der Waals surface area contributed by atoms with Crippen molar-refractivity contribution in [3.05, 3.63) is 29.3 Å². The molecule has 2 rings (SSSR count). The Balaban J connectivity index is 2.06. The molecule has 0 saturated carbocycles. The molecule has 0 unspecified atom stereocenters. The average Bonchev–Trinajstić information content (AvgIpc) is 2.57. The second kappa shape index (κ2) is 7.86. The van der Waals surface area contributed by atoms with Gasteiger partial charge < -0.3 is 10.1 Å². The molecule has 138 valence electrons. The zero-order valence-electron chi connectivity index (χ0n) is 14.7. The van der Waals surface area contributed by atoms with Crippen molar-refractivity contribution in [3.8, 4) is 0 Å². The minimum absolute atomic E-state index is 0.0249. The van der Waals surface area contributed by atoms with Gasteiger partial charge in [-0.05, 0) is 49.9 Å². The molecule has 0 aromatic heterocycles. The van der Waals surface area contributed by atoms with Gasteiger partial charge in [-0.15, -0.1) is 0 Å². The van der Waals surface area contributed by atoms with E-state index in [0.29, 0.717) is 30.6 Å². The van der Waals surface area contributed by atoms with Crippen LogP contribution in [0.4, 0.5) is 5.69 Å². The summed E-state index contributed by atoms with van der Waals surface area (Å²) in [4.78, 5) is 23.8. The van der Waals surface area contributed by atoms with Crippen molar-refractivity contribution in [2.75, 3.05) is 23.7 Å². The summed E-state index contributed by atoms with van der Waals surface area (Å²) >= 11 is 0. The van der Waals surface area contributed by atoms with Crippen molar-refractivity contribution < 1.29 is 22.7 Å². The van der Waals surface area contributed by atoms with E-state index in [0.717, 1.165) is 12.0 Å². The Bertz CT molecular complexity index is 760. The molecule has 1 heterocycles. The maximum atomic E-state index is 12.1. The second-order valence-corrected chi connectivity index (χ2v) is 8.14. The van der Waals surface area contributed by atoms with E-state index in [1.807, 2.05) is 13.8 Å². The zero-order valence-corrected chi connectivity index (χ0v) is 15.6. The molecule has 1 aliphatic heterocycles. The molecule has 0 spiro atoms. The first-order chi connectivity index (χ1) is 11.7. The van der Waals surface area contributed by atoms with Gasteiger partial charge >= 0.3 is 5.97 Å². The molecule has 7 nitrogen and oxygen atoms in total. The number of nitrogens with zero attached hydrogens (tertiary/aromatic N) is 1. The Hall–Kier alpha value is -2.09. The Labute approximate surface area is 148 Å². The summed E-state index contributed by atoms with van der Waals surface area (Å²) < 4.78 is 30.1. The highest BCUT2D eigenvalue weighted by atomic mass is 32.2. The molecule has 0 bridgehead atoms. The molecule has 1 amide bonds. The molecule has 8 heteroatoms. The Morgan fingerprint density at radius 3 is 2.72 bits per heavy atom. The fourth-order valence-corrected chi connectivity index (χ4v) is 3.66. The van der Waals surface area contributed by atoms with Crippen LogP contribution in [0.1, 0.15) is 42.6 Å². The number of anilines is 1. The number of amides is 1. The molecular weight excluding hydrogens is 344 g/mol. The number of ether oxygens (including phenoxy) is 1. The van der Waals surface area contributed by atoms with E-state index in [2.05, 4.69) is 5.32 Å². The third kappa shape index (κ3) is 4.94. The lowest BCUT2D eigenvalue weighted by atomic mass is 10.0. The number of hydrogen-bond acceptors (Lipinski definition) is 5. The number of nitrogens with one attached hydrogen (secondary N) is 1. The van der Waals surface area contributed by atoms with E-state index in [1.54, 1.807) is 12.1 Å². The first-order valence-electron chi connectivity index (χ1n) is 8.29. The van der Waals surface area contributed by atoms with Gasteiger partial charge in [0.25, 0.3) is 5.91 Å². The lowest BCUT2D eigenvalue weighted by molar-refractivity contribution is -0.124. The molecule has 0 aliphatic carbocycles. The number of aryl methyl sites for hydroxylation is 1. The fourth-order valence-electron chi connectivity index (χ4n) is 2.67. The Morgan fingerprint density at radius 2 is 2.08 bits per heavy atom. The largest absolute Gasteiger partial charge is 0.452 e. The predicted molar refractivity (Wildman–Crippen MR) is 95.1 cm³/mol. The molecule has 1 aromatic rings. The van der Waals surface area contributed by atoms with Crippen molar-refractivity contribution in [2.24, 2.45) is 0 Å². The summed E-state index contributed by atoms with van der Waals surface area (Å²) in [5, 5.41) is 2.72. The highest BCUT2D eigenvalue weighted by molar-refractivity contribution is 7.92. The van der Waals surface area contributed by atoms with Gasteiger partial charge in [0.15, 0.2) is 6.61 Å². The molecule has 1 atom stereocenters. The van der Waals surface area contributed by atoms with Gasteiger partial charge in [-0.2, -0.15) is 0 Å². The molecule has 25 heavy (non-hydrogen) atoms. The van der Waals surface area contributed by atoms with Crippen molar-refractivity contribution in [2.45, 2.75) is 39.2 Å². The summed E-state index contributed by atoms with van der Waals surface area (Å²) in [7, 11) is -3.34. The molecule has 0 fully saturated rings. The number of carbonyl (C=O) groups excluding carboxylic acids is 2. The monoisotopic (exact) mass is 368 g/mol. The van der Waals surface area contributed by atoms with Gasteiger partial charge in [-0.1, -0.05) is 6.92 Å². The van der Waals surface area contributed by atoms with E-state index >= 15 is 0 Å². The third-order valence-corrected chi connectivity index (χ3v) is 5.33. The van der Waals surface area contributed by atoms with E-state index in [4.69, 9.17) is 4.74 Å². The maximum absolute atomic E-state index is 12.1. The molecular formula is C17H24N2O5S. The van der Waals surface area contributed by atoms with E-state index in [-0.39, 0.29) is 18.6 Å². The van der Waals surface area contributed by atoms with Crippen LogP contribution in [0.15, 0.2) is 18.2 Å².